The van der Waals surface area contributed by atoms with Crippen LogP contribution in [-0.4, -0.2) is 0 Å². The van der Waals surface area contributed by atoms with Crippen LogP contribution in [0, 0.1) is 23.7 Å². The molecule has 0 heterocycles. The molecule has 54 valence electrons. The van der Waals surface area contributed by atoms with Crippen molar-refractivity contribution < 1.29 is 0 Å². The Kier molecular flexibility index (Phi) is 0.898. The molecule has 0 saturated heterocycles. The third kappa shape index (κ3) is 0.492. The van der Waals surface area contributed by atoms with E-state index in [4.69, 9.17) is 0 Å². The van der Waals surface area contributed by atoms with Crippen molar-refractivity contribution in [1.29, 1.82) is 0 Å². The third-order valence-electron chi connectivity index (χ3n) is 3.92. The average Bonchev–Trinajstić information content (AvgIpc) is 1.88. The molecule has 4 aliphatic carbocycles. The van der Waals surface area contributed by atoms with Gasteiger partial charge in [0.1, 0.15) is 0 Å². The maximum absolute atomic E-state index is 2.49. The van der Waals surface area contributed by atoms with Gasteiger partial charge in [-0.25, -0.2) is 0 Å². The first-order valence-corrected chi connectivity index (χ1v) is 4.63. The lowest BCUT2D eigenvalue weighted by molar-refractivity contribution is 0.0275. The summed E-state index contributed by atoms with van der Waals surface area (Å²) in [5.74, 6) is 4.26. The Labute approximate surface area is 62.3 Å². The second-order valence-corrected chi connectivity index (χ2v) is 4.20. The highest BCUT2D eigenvalue weighted by Crippen LogP contribution is 2.54. The van der Waals surface area contributed by atoms with Gasteiger partial charge in [-0.1, -0.05) is 12.2 Å². The Balaban J connectivity index is 1.98. The van der Waals surface area contributed by atoms with Gasteiger partial charge in [-0.05, 0) is 49.4 Å². The van der Waals surface area contributed by atoms with E-state index in [1.165, 1.54) is 25.7 Å². The van der Waals surface area contributed by atoms with Gasteiger partial charge in [-0.2, -0.15) is 0 Å². The molecule has 2 fully saturated rings. The molecule has 0 nitrogen and oxygen atoms in total. The Morgan fingerprint density at radius 3 is 1.40 bits per heavy atom. The van der Waals surface area contributed by atoms with Crippen LogP contribution >= 0.6 is 0 Å². The minimum Gasteiger partial charge on any atom is -0.0848 e. The molecule has 0 radical (unpaired) electrons. The van der Waals surface area contributed by atoms with Crippen molar-refractivity contribution in [3.8, 4) is 0 Å². The maximum atomic E-state index is 2.49. The van der Waals surface area contributed by atoms with E-state index in [1.807, 2.05) is 0 Å². The highest BCUT2D eigenvalue weighted by Gasteiger charge is 2.45. The van der Waals surface area contributed by atoms with Crippen LogP contribution in [0.15, 0.2) is 12.2 Å². The highest BCUT2D eigenvalue weighted by molar-refractivity contribution is 5.12. The zero-order valence-corrected chi connectivity index (χ0v) is 6.29. The molecule has 0 aromatic rings. The Morgan fingerprint density at radius 2 is 1.20 bits per heavy atom. The molecule has 0 N–H and O–H groups in total. The van der Waals surface area contributed by atoms with Gasteiger partial charge in [0.2, 0.25) is 0 Å². The molecule has 2 saturated carbocycles. The van der Waals surface area contributed by atoms with E-state index in [0.29, 0.717) is 0 Å². The molecule has 0 spiro atoms. The van der Waals surface area contributed by atoms with Crippen LogP contribution in [0.2, 0.25) is 0 Å². The summed E-state index contributed by atoms with van der Waals surface area (Å²) < 4.78 is 0. The molecule has 4 rings (SSSR count). The minimum atomic E-state index is 1.00. The molecule has 0 aromatic heterocycles. The standard InChI is InChI=1S/C10H14/c1-2-8-4-3-7(1)9-5-6-10(8)9/h1-2,7-10H,3-6H2/t7-,8+,9+,10-. The molecule has 0 amide bonds. The summed E-state index contributed by atoms with van der Waals surface area (Å²) in [5.41, 5.74) is 0. The van der Waals surface area contributed by atoms with Gasteiger partial charge in [0.05, 0.1) is 0 Å². The van der Waals surface area contributed by atoms with Gasteiger partial charge in [-0.15, -0.1) is 0 Å². The second-order valence-electron chi connectivity index (χ2n) is 4.20. The first kappa shape index (κ1) is 5.40. The summed E-state index contributed by atoms with van der Waals surface area (Å²) in [7, 11) is 0. The molecule has 10 heavy (non-hydrogen) atoms. The second kappa shape index (κ2) is 1.66. The monoisotopic (exact) mass is 134 g/mol. The topological polar surface area (TPSA) is 0 Å². The van der Waals surface area contributed by atoms with E-state index in [0.717, 1.165) is 23.7 Å². The van der Waals surface area contributed by atoms with Gasteiger partial charge in [0, 0.05) is 0 Å². The summed E-state index contributed by atoms with van der Waals surface area (Å²) in [5, 5.41) is 0. The quantitative estimate of drug-likeness (QED) is 0.447. The van der Waals surface area contributed by atoms with Gasteiger partial charge < -0.3 is 0 Å². The lowest BCUT2D eigenvalue weighted by atomic mass is 9.53. The molecule has 4 aliphatic rings. The first-order chi connectivity index (χ1) is 4.95. The highest BCUT2D eigenvalue weighted by atomic mass is 14.5. The molecule has 0 unspecified atom stereocenters. The smallest absolute Gasteiger partial charge is 0.0202 e. The molecule has 2 bridgehead atoms. The lowest BCUT2D eigenvalue weighted by Crippen LogP contribution is -2.43. The van der Waals surface area contributed by atoms with Crippen molar-refractivity contribution in [2.75, 3.05) is 0 Å². The van der Waals surface area contributed by atoms with Crippen molar-refractivity contribution in [2.24, 2.45) is 23.7 Å². The normalized spacial score (nSPS) is 56.0. The van der Waals surface area contributed by atoms with Crippen LogP contribution in [0.3, 0.4) is 0 Å². The molecule has 4 atom stereocenters. The van der Waals surface area contributed by atoms with E-state index < -0.39 is 0 Å². The average molecular weight is 134 g/mol. The van der Waals surface area contributed by atoms with Crippen molar-refractivity contribution in [1.82, 2.24) is 0 Å². The van der Waals surface area contributed by atoms with Crippen molar-refractivity contribution in [3.05, 3.63) is 12.2 Å². The summed E-state index contributed by atoms with van der Waals surface area (Å²) in [6.45, 7) is 0. The summed E-state index contributed by atoms with van der Waals surface area (Å²) >= 11 is 0. The minimum absolute atomic E-state index is 1.00. The van der Waals surface area contributed by atoms with E-state index >= 15 is 0 Å². The number of rotatable bonds is 0. The van der Waals surface area contributed by atoms with E-state index in [2.05, 4.69) is 12.2 Å². The van der Waals surface area contributed by atoms with E-state index in [-0.39, 0.29) is 0 Å². The van der Waals surface area contributed by atoms with Gasteiger partial charge in [0.25, 0.3) is 0 Å². The fourth-order valence-electron chi connectivity index (χ4n) is 3.19. The first-order valence-electron chi connectivity index (χ1n) is 4.63. The van der Waals surface area contributed by atoms with Crippen LogP contribution in [-0.2, 0) is 0 Å². The third-order valence-corrected chi connectivity index (χ3v) is 3.92. The molecular weight excluding hydrogens is 120 g/mol. The zero-order chi connectivity index (χ0) is 6.55. The van der Waals surface area contributed by atoms with E-state index in [1.54, 1.807) is 0 Å². The lowest BCUT2D eigenvalue weighted by Gasteiger charge is -2.52. The molecular formula is C10H14. The Bertz CT molecular complexity index is 160. The summed E-state index contributed by atoms with van der Waals surface area (Å²) in [4.78, 5) is 0. The summed E-state index contributed by atoms with van der Waals surface area (Å²) in [6, 6.07) is 0. The summed E-state index contributed by atoms with van der Waals surface area (Å²) in [6.07, 6.45) is 11.1. The molecule has 0 aliphatic heterocycles. The van der Waals surface area contributed by atoms with Crippen molar-refractivity contribution in [2.45, 2.75) is 25.7 Å². The van der Waals surface area contributed by atoms with Crippen LogP contribution < -0.4 is 0 Å². The fraction of sp³-hybridized carbons (Fsp3) is 0.800. The number of hydrogen-bond acceptors (Lipinski definition) is 0. The van der Waals surface area contributed by atoms with Gasteiger partial charge >= 0.3 is 0 Å². The molecule has 0 aromatic carbocycles. The van der Waals surface area contributed by atoms with Crippen LogP contribution in [0.4, 0.5) is 0 Å². The number of allylic oxidation sites excluding steroid dienone is 2. The van der Waals surface area contributed by atoms with Gasteiger partial charge in [0.15, 0.2) is 0 Å². The predicted octanol–water partition coefficient (Wildman–Crippen LogP) is 2.61. The van der Waals surface area contributed by atoms with Crippen LogP contribution in [0.25, 0.3) is 0 Å². The van der Waals surface area contributed by atoms with Crippen molar-refractivity contribution >= 4 is 0 Å². The molecule has 0 heteroatoms. The number of hydrogen-bond donors (Lipinski definition) is 0. The Hall–Kier alpha value is -0.260. The predicted molar refractivity (Wildman–Crippen MR) is 41.6 cm³/mol. The maximum Gasteiger partial charge on any atom is -0.0202 e. The Morgan fingerprint density at radius 1 is 0.700 bits per heavy atom. The number of fused-ring (bicyclic) bond motifs is 1. The zero-order valence-electron chi connectivity index (χ0n) is 6.29. The SMILES string of the molecule is C1=C[C@H]2CC[C@@H]1[C@@H]1CC[C@@H]12. The largest absolute Gasteiger partial charge is 0.0848 e. The van der Waals surface area contributed by atoms with Crippen molar-refractivity contribution in [3.63, 3.8) is 0 Å². The van der Waals surface area contributed by atoms with E-state index in [9.17, 15) is 0 Å². The van der Waals surface area contributed by atoms with Gasteiger partial charge in [-0.3, -0.25) is 0 Å². The van der Waals surface area contributed by atoms with Crippen LogP contribution in [0.5, 0.6) is 0 Å². The fourth-order valence-corrected chi connectivity index (χ4v) is 3.19. The van der Waals surface area contributed by atoms with Crippen LogP contribution in [0.1, 0.15) is 25.7 Å².